The number of rotatable bonds is 10. The van der Waals surface area contributed by atoms with Crippen LogP contribution in [0.15, 0.2) is 61.2 Å². The van der Waals surface area contributed by atoms with Crippen LogP contribution in [0.1, 0.15) is 12.6 Å². The number of nitrogens with one attached hydrogen (secondary N) is 2. The van der Waals surface area contributed by atoms with Crippen molar-refractivity contribution in [2.24, 2.45) is 0 Å². The molecule has 2 aromatic carbocycles. The monoisotopic (exact) mass is 563 g/mol. The first-order valence-corrected chi connectivity index (χ1v) is 13.1. The van der Waals surface area contributed by atoms with E-state index in [2.05, 4.69) is 25.6 Å². The van der Waals surface area contributed by atoms with Crippen LogP contribution in [0.4, 0.5) is 22.0 Å². The number of amides is 2. The van der Waals surface area contributed by atoms with Gasteiger partial charge in [-0.1, -0.05) is 12.1 Å². The Labute approximate surface area is 235 Å². The largest absolute Gasteiger partial charge is 0.455 e. The van der Waals surface area contributed by atoms with Crippen molar-refractivity contribution in [3.05, 3.63) is 61.2 Å². The van der Waals surface area contributed by atoms with Crippen LogP contribution < -0.4 is 26.8 Å². The van der Waals surface area contributed by atoms with Gasteiger partial charge in [-0.3, -0.25) is 4.57 Å². The molecule has 0 bridgehead atoms. The molecule has 0 saturated carbocycles. The Morgan fingerprint density at radius 1 is 1.10 bits per heavy atom. The zero-order chi connectivity index (χ0) is 28.9. The summed E-state index contributed by atoms with van der Waals surface area (Å²) in [6.07, 6.45) is -0.367. The van der Waals surface area contributed by atoms with Gasteiger partial charge in [-0.25, -0.2) is 19.7 Å². The van der Waals surface area contributed by atoms with Gasteiger partial charge in [-0.2, -0.15) is 0 Å². The number of likely N-dealkylation sites (N-methyl/N-ethyl adjacent to an activating group) is 1. The molecule has 5 rings (SSSR count). The van der Waals surface area contributed by atoms with Gasteiger partial charge in [0.25, 0.3) is 0 Å². The number of nitrogens with zero attached hydrogens (tertiary/aromatic N) is 5. The predicted octanol–water partition coefficient (Wildman–Crippen LogP) is 1.55. The first-order chi connectivity index (χ1) is 19.8. The van der Waals surface area contributed by atoms with E-state index in [1.54, 1.807) is 41.0 Å². The van der Waals surface area contributed by atoms with E-state index >= 15 is 0 Å². The SMILES string of the molecule is CN(CCCNC(=O)Nc1ccc(Oc2ccccc2N)cc1)CC1OC(n2cnc3c(N)ncnc32)C(O)C1O. The standard InChI is InChI=1S/C27H33N9O5/c1-35(13-20-22(37)23(38)26(41-20)36-15-33-21-24(29)31-14-32-25(21)36)12-4-11-30-27(39)34-16-7-9-17(10-8-16)40-19-6-3-2-5-18(19)28/h2-3,5-10,14-15,20,22-23,26,37-38H,4,11-13,28H2,1H3,(H2,29,31,32)(H2,30,34,39). The van der Waals surface area contributed by atoms with E-state index in [0.29, 0.717) is 60.1 Å². The predicted molar refractivity (Wildman–Crippen MR) is 152 cm³/mol. The van der Waals surface area contributed by atoms with Crippen molar-refractivity contribution >= 4 is 34.4 Å². The second-order valence-electron chi connectivity index (χ2n) is 9.79. The number of carbonyl (C=O) groups excluding carboxylic acids is 1. The molecule has 0 radical (unpaired) electrons. The number of aliphatic hydroxyl groups is 2. The Morgan fingerprint density at radius 2 is 1.88 bits per heavy atom. The molecule has 41 heavy (non-hydrogen) atoms. The van der Waals surface area contributed by atoms with Gasteiger partial charge in [-0.15, -0.1) is 0 Å². The number of nitrogen functional groups attached to an aromatic ring is 2. The number of carbonyl (C=O) groups is 1. The highest BCUT2D eigenvalue weighted by Crippen LogP contribution is 2.32. The Hall–Kier alpha value is -4.50. The van der Waals surface area contributed by atoms with Crippen molar-refractivity contribution in [3.8, 4) is 11.5 Å². The summed E-state index contributed by atoms with van der Waals surface area (Å²) in [5.41, 5.74) is 13.7. The maximum atomic E-state index is 12.3. The maximum absolute atomic E-state index is 12.3. The molecule has 1 aliphatic heterocycles. The van der Waals surface area contributed by atoms with E-state index in [9.17, 15) is 15.0 Å². The number of hydrogen-bond acceptors (Lipinski definition) is 11. The summed E-state index contributed by atoms with van der Waals surface area (Å²) in [6, 6.07) is 13.9. The van der Waals surface area contributed by atoms with Crippen molar-refractivity contribution in [3.63, 3.8) is 0 Å². The molecule has 14 heteroatoms. The van der Waals surface area contributed by atoms with Gasteiger partial charge in [0.2, 0.25) is 0 Å². The summed E-state index contributed by atoms with van der Waals surface area (Å²) in [4.78, 5) is 26.6. The highest BCUT2D eigenvalue weighted by atomic mass is 16.6. The van der Waals surface area contributed by atoms with Crippen molar-refractivity contribution in [2.45, 2.75) is 31.0 Å². The lowest BCUT2D eigenvalue weighted by atomic mass is 10.1. The molecule has 14 nitrogen and oxygen atoms in total. The Bertz CT molecular complexity index is 1480. The van der Waals surface area contributed by atoms with E-state index < -0.39 is 24.5 Å². The van der Waals surface area contributed by atoms with Gasteiger partial charge in [0.05, 0.1) is 12.0 Å². The molecule has 1 saturated heterocycles. The minimum atomic E-state index is -1.18. The third-order valence-corrected chi connectivity index (χ3v) is 6.75. The molecule has 3 heterocycles. The summed E-state index contributed by atoms with van der Waals surface area (Å²) >= 11 is 0. The first kappa shape index (κ1) is 28.0. The first-order valence-electron chi connectivity index (χ1n) is 13.1. The number of anilines is 3. The van der Waals surface area contributed by atoms with E-state index in [0.717, 1.165) is 0 Å². The van der Waals surface area contributed by atoms with E-state index in [4.69, 9.17) is 20.9 Å². The van der Waals surface area contributed by atoms with Crippen molar-refractivity contribution in [2.75, 3.05) is 43.5 Å². The third kappa shape index (κ3) is 6.47. The molecule has 1 fully saturated rings. The smallest absolute Gasteiger partial charge is 0.319 e. The molecule has 8 N–H and O–H groups in total. The van der Waals surface area contributed by atoms with Gasteiger partial charge in [0.1, 0.15) is 41.7 Å². The van der Waals surface area contributed by atoms with Gasteiger partial charge in [-0.05, 0) is 56.4 Å². The molecule has 4 atom stereocenters. The number of imidazole rings is 1. The average molecular weight is 564 g/mol. The second kappa shape index (κ2) is 12.3. The van der Waals surface area contributed by atoms with E-state index in [-0.39, 0.29) is 11.8 Å². The highest BCUT2D eigenvalue weighted by molar-refractivity contribution is 5.89. The summed E-state index contributed by atoms with van der Waals surface area (Å²) in [7, 11) is 1.88. The molecule has 0 spiro atoms. The minimum absolute atomic E-state index is 0.220. The fraction of sp³-hybridized carbons (Fsp3) is 0.333. The summed E-state index contributed by atoms with van der Waals surface area (Å²) in [5.74, 6) is 1.38. The summed E-state index contributed by atoms with van der Waals surface area (Å²) in [5, 5.41) is 26.9. The fourth-order valence-corrected chi connectivity index (χ4v) is 4.60. The van der Waals surface area contributed by atoms with Crippen LogP contribution >= 0.6 is 0 Å². The number of hydrogen-bond donors (Lipinski definition) is 6. The minimum Gasteiger partial charge on any atom is -0.455 e. The normalized spacial score (nSPS) is 20.4. The number of aromatic nitrogens is 4. The molecule has 216 valence electrons. The average Bonchev–Trinajstić information content (AvgIpc) is 3.51. The van der Waals surface area contributed by atoms with Crippen LogP contribution in [-0.2, 0) is 4.74 Å². The second-order valence-corrected chi connectivity index (χ2v) is 9.79. The Kier molecular flexibility index (Phi) is 8.45. The molecular weight excluding hydrogens is 530 g/mol. The lowest BCUT2D eigenvalue weighted by Crippen LogP contribution is -2.39. The molecular formula is C27H33N9O5. The van der Waals surface area contributed by atoms with Crippen LogP contribution in [0, 0.1) is 0 Å². The number of nitrogens with two attached hydrogens (primary N) is 2. The molecule has 2 aromatic heterocycles. The van der Waals surface area contributed by atoms with Crippen LogP contribution in [0.2, 0.25) is 0 Å². The van der Waals surface area contributed by atoms with Gasteiger partial charge in [0, 0.05) is 18.8 Å². The number of urea groups is 1. The maximum Gasteiger partial charge on any atom is 0.319 e. The molecule has 1 aliphatic rings. The molecule has 0 aliphatic carbocycles. The lowest BCUT2D eigenvalue weighted by Gasteiger charge is -2.22. The number of benzene rings is 2. The topological polar surface area (TPSA) is 199 Å². The van der Waals surface area contributed by atoms with Crippen molar-refractivity contribution in [1.82, 2.24) is 29.7 Å². The lowest BCUT2D eigenvalue weighted by molar-refractivity contribution is -0.0421. The molecule has 4 aromatic rings. The Morgan fingerprint density at radius 3 is 2.66 bits per heavy atom. The van der Waals surface area contributed by atoms with Crippen molar-refractivity contribution < 1.29 is 24.5 Å². The van der Waals surface area contributed by atoms with Gasteiger partial charge in [0.15, 0.2) is 17.7 Å². The van der Waals surface area contributed by atoms with E-state index in [1.165, 1.54) is 12.7 Å². The van der Waals surface area contributed by atoms with Gasteiger partial charge < -0.3 is 46.7 Å². The fourth-order valence-electron chi connectivity index (χ4n) is 4.60. The molecule has 2 amide bonds. The highest BCUT2D eigenvalue weighted by Gasteiger charge is 2.44. The number of fused-ring (bicyclic) bond motifs is 1. The third-order valence-electron chi connectivity index (χ3n) is 6.75. The number of ether oxygens (including phenoxy) is 2. The van der Waals surface area contributed by atoms with Crippen LogP contribution in [0.3, 0.4) is 0 Å². The zero-order valence-electron chi connectivity index (χ0n) is 22.4. The van der Waals surface area contributed by atoms with Crippen LogP contribution in [0.25, 0.3) is 11.2 Å². The molecule has 4 unspecified atom stereocenters. The number of para-hydroxylation sites is 2. The van der Waals surface area contributed by atoms with Crippen LogP contribution in [0.5, 0.6) is 11.5 Å². The Balaban J connectivity index is 1.04. The summed E-state index contributed by atoms with van der Waals surface area (Å²) < 4.78 is 13.3. The zero-order valence-corrected chi connectivity index (χ0v) is 22.4. The van der Waals surface area contributed by atoms with E-state index in [1.807, 2.05) is 24.1 Å². The number of aliphatic hydroxyl groups excluding tert-OH is 2. The quantitative estimate of drug-likeness (QED) is 0.121. The van der Waals surface area contributed by atoms with Crippen LogP contribution in [-0.4, -0.2) is 85.7 Å². The van der Waals surface area contributed by atoms with Crippen molar-refractivity contribution in [1.29, 1.82) is 0 Å². The summed E-state index contributed by atoms with van der Waals surface area (Å²) in [6.45, 7) is 1.43. The van der Waals surface area contributed by atoms with Gasteiger partial charge >= 0.3 is 6.03 Å².